The topological polar surface area (TPSA) is 66.9 Å². The van der Waals surface area contributed by atoms with Gasteiger partial charge in [0.1, 0.15) is 5.82 Å². The van der Waals surface area contributed by atoms with E-state index in [1.165, 1.54) is 16.7 Å². The van der Waals surface area contributed by atoms with E-state index in [0.717, 1.165) is 0 Å². The lowest BCUT2D eigenvalue weighted by Gasteiger charge is -2.15. The van der Waals surface area contributed by atoms with Gasteiger partial charge < -0.3 is 10.3 Å². The van der Waals surface area contributed by atoms with Crippen LogP contribution in [0, 0.1) is 10.6 Å². The number of hydrogen-bond donors (Lipinski definition) is 2. The van der Waals surface area contributed by atoms with Gasteiger partial charge >= 0.3 is 0 Å². The van der Waals surface area contributed by atoms with Crippen LogP contribution < -0.4 is 10.9 Å². The molecular formula is C18H16FN3O2S. The first-order chi connectivity index (χ1) is 11.9. The molecule has 128 valence electrons. The Labute approximate surface area is 148 Å². The van der Waals surface area contributed by atoms with Gasteiger partial charge in [-0.3, -0.25) is 14.2 Å². The number of nitrogens with zero attached hydrogens (tertiary/aromatic N) is 1. The van der Waals surface area contributed by atoms with E-state index in [4.69, 9.17) is 12.2 Å². The van der Waals surface area contributed by atoms with Gasteiger partial charge in [-0.25, -0.2) is 4.39 Å². The molecule has 2 aromatic carbocycles. The standard InChI is InChI=1S/C18H16FN3O2S/c1-10(11-4-3-5-13(19)8-11)20-16(23)12-6-7-14-15(9-12)21-18(25)22(2)17(14)24/h3-10H,1-2H3,(H,20,23)(H,21,25)/t10-/m0/s1. The van der Waals surface area contributed by atoms with Crippen molar-refractivity contribution in [3.05, 3.63) is 74.5 Å². The highest BCUT2D eigenvalue weighted by Gasteiger charge is 2.13. The van der Waals surface area contributed by atoms with Crippen LogP contribution in [0.5, 0.6) is 0 Å². The third-order valence-corrected chi connectivity index (χ3v) is 4.44. The normalized spacial score (nSPS) is 12.1. The smallest absolute Gasteiger partial charge is 0.261 e. The maximum Gasteiger partial charge on any atom is 0.261 e. The minimum atomic E-state index is -0.360. The van der Waals surface area contributed by atoms with Gasteiger partial charge in [0.2, 0.25) is 0 Å². The molecule has 0 bridgehead atoms. The zero-order chi connectivity index (χ0) is 18.1. The maximum atomic E-state index is 13.3. The summed E-state index contributed by atoms with van der Waals surface area (Å²) < 4.78 is 14.9. The number of aromatic nitrogens is 2. The second kappa shape index (κ2) is 6.60. The van der Waals surface area contributed by atoms with Gasteiger partial charge in [0.15, 0.2) is 4.77 Å². The number of aromatic amines is 1. The number of H-pyrrole nitrogens is 1. The van der Waals surface area contributed by atoms with Gasteiger partial charge in [0.05, 0.1) is 16.9 Å². The molecule has 7 heteroatoms. The first-order valence-electron chi connectivity index (χ1n) is 7.66. The van der Waals surface area contributed by atoms with Gasteiger partial charge in [-0.15, -0.1) is 0 Å². The van der Waals surface area contributed by atoms with E-state index >= 15 is 0 Å². The zero-order valence-electron chi connectivity index (χ0n) is 13.7. The van der Waals surface area contributed by atoms with Crippen LogP contribution in [-0.2, 0) is 7.05 Å². The summed E-state index contributed by atoms with van der Waals surface area (Å²) in [5, 5.41) is 3.27. The SMILES string of the molecule is C[C@H](NC(=O)c1ccc2c(=O)n(C)c(=S)[nH]c2c1)c1cccc(F)c1. The first kappa shape index (κ1) is 17.0. The van der Waals surface area contributed by atoms with Crippen LogP contribution in [-0.4, -0.2) is 15.5 Å². The molecule has 2 N–H and O–H groups in total. The van der Waals surface area contributed by atoms with Crippen molar-refractivity contribution in [2.24, 2.45) is 7.05 Å². The molecule has 3 aromatic rings. The fraction of sp³-hybridized carbons (Fsp3) is 0.167. The fourth-order valence-corrected chi connectivity index (χ4v) is 2.78. The lowest BCUT2D eigenvalue weighted by atomic mass is 10.1. The molecule has 25 heavy (non-hydrogen) atoms. The van der Waals surface area contributed by atoms with Crippen LogP contribution in [0.25, 0.3) is 10.9 Å². The van der Waals surface area contributed by atoms with E-state index in [0.29, 0.717) is 22.0 Å². The molecule has 0 fully saturated rings. The number of carbonyl (C=O) groups excluding carboxylic acids is 1. The molecule has 0 spiro atoms. The average molecular weight is 357 g/mol. The molecule has 0 aliphatic heterocycles. The van der Waals surface area contributed by atoms with E-state index in [9.17, 15) is 14.0 Å². The molecule has 1 aromatic heterocycles. The van der Waals surface area contributed by atoms with Gasteiger partial charge in [-0.05, 0) is 55.0 Å². The molecule has 0 aliphatic carbocycles. The summed E-state index contributed by atoms with van der Waals surface area (Å²) in [7, 11) is 1.59. The summed E-state index contributed by atoms with van der Waals surface area (Å²) in [5.74, 6) is -0.675. The number of hydrogen-bond acceptors (Lipinski definition) is 3. The van der Waals surface area contributed by atoms with Crippen LogP contribution in [0.2, 0.25) is 0 Å². The predicted octanol–water partition coefficient (Wildman–Crippen LogP) is 3.23. The van der Waals surface area contributed by atoms with Crippen LogP contribution in [0.4, 0.5) is 4.39 Å². The Morgan fingerprint density at radius 2 is 2.04 bits per heavy atom. The number of amides is 1. The van der Waals surface area contributed by atoms with Gasteiger partial charge in [0, 0.05) is 12.6 Å². The Morgan fingerprint density at radius 3 is 2.76 bits per heavy atom. The Kier molecular flexibility index (Phi) is 4.50. The molecule has 0 aliphatic rings. The Hall–Kier alpha value is -2.80. The summed E-state index contributed by atoms with van der Waals surface area (Å²) in [6.45, 7) is 1.77. The zero-order valence-corrected chi connectivity index (χ0v) is 14.5. The van der Waals surface area contributed by atoms with Crippen LogP contribution in [0.3, 0.4) is 0 Å². The summed E-state index contributed by atoms with van der Waals surface area (Å²) >= 11 is 5.09. The molecule has 1 amide bonds. The molecule has 0 saturated heterocycles. The number of carbonyl (C=O) groups is 1. The van der Waals surface area contributed by atoms with Gasteiger partial charge in [0.25, 0.3) is 11.5 Å². The highest BCUT2D eigenvalue weighted by Crippen LogP contribution is 2.16. The Balaban J connectivity index is 1.91. The predicted molar refractivity (Wildman–Crippen MR) is 96.7 cm³/mol. The highest BCUT2D eigenvalue weighted by atomic mass is 32.1. The second-order valence-corrected chi connectivity index (χ2v) is 6.19. The monoisotopic (exact) mass is 357 g/mol. The van der Waals surface area contributed by atoms with Crippen molar-refractivity contribution in [2.75, 3.05) is 0 Å². The van der Waals surface area contributed by atoms with Crippen molar-refractivity contribution in [3.8, 4) is 0 Å². The lowest BCUT2D eigenvalue weighted by Crippen LogP contribution is -2.27. The summed E-state index contributed by atoms with van der Waals surface area (Å²) in [6.07, 6.45) is 0. The van der Waals surface area contributed by atoms with E-state index in [-0.39, 0.29) is 28.1 Å². The largest absolute Gasteiger partial charge is 0.346 e. The fourth-order valence-electron chi connectivity index (χ4n) is 2.59. The molecular weight excluding hydrogens is 341 g/mol. The van der Waals surface area contributed by atoms with Gasteiger partial charge in [-0.1, -0.05) is 12.1 Å². The third kappa shape index (κ3) is 3.36. The first-order valence-corrected chi connectivity index (χ1v) is 8.07. The minimum Gasteiger partial charge on any atom is -0.346 e. The van der Waals surface area contributed by atoms with Crippen molar-refractivity contribution in [1.82, 2.24) is 14.9 Å². The summed E-state index contributed by atoms with van der Waals surface area (Å²) in [6, 6.07) is 10.5. The van der Waals surface area contributed by atoms with Crippen LogP contribution in [0.15, 0.2) is 47.3 Å². The molecule has 0 radical (unpaired) electrons. The maximum absolute atomic E-state index is 13.3. The number of halogens is 1. The number of benzene rings is 2. The van der Waals surface area contributed by atoms with Gasteiger partial charge in [-0.2, -0.15) is 0 Å². The van der Waals surface area contributed by atoms with Crippen molar-refractivity contribution >= 4 is 29.0 Å². The van der Waals surface area contributed by atoms with Crippen LogP contribution >= 0.6 is 12.2 Å². The summed E-state index contributed by atoms with van der Waals surface area (Å²) in [4.78, 5) is 27.6. The highest BCUT2D eigenvalue weighted by molar-refractivity contribution is 7.71. The van der Waals surface area contributed by atoms with E-state index in [1.807, 2.05) is 0 Å². The van der Waals surface area contributed by atoms with E-state index in [1.54, 1.807) is 44.3 Å². The van der Waals surface area contributed by atoms with Crippen molar-refractivity contribution in [2.45, 2.75) is 13.0 Å². The Morgan fingerprint density at radius 1 is 1.28 bits per heavy atom. The molecule has 1 heterocycles. The minimum absolute atomic E-state index is 0.223. The molecule has 5 nitrogen and oxygen atoms in total. The number of rotatable bonds is 3. The lowest BCUT2D eigenvalue weighted by molar-refractivity contribution is 0.0940. The number of nitrogens with one attached hydrogen (secondary N) is 2. The van der Waals surface area contributed by atoms with Crippen molar-refractivity contribution in [1.29, 1.82) is 0 Å². The van der Waals surface area contributed by atoms with Crippen molar-refractivity contribution in [3.63, 3.8) is 0 Å². The third-order valence-electron chi connectivity index (χ3n) is 4.06. The van der Waals surface area contributed by atoms with Crippen LogP contribution in [0.1, 0.15) is 28.9 Å². The molecule has 3 rings (SSSR count). The second-order valence-electron chi connectivity index (χ2n) is 5.80. The van der Waals surface area contributed by atoms with E-state index < -0.39 is 0 Å². The van der Waals surface area contributed by atoms with Crippen molar-refractivity contribution < 1.29 is 9.18 Å². The quantitative estimate of drug-likeness (QED) is 0.707. The summed E-state index contributed by atoms with van der Waals surface area (Å²) in [5.41, 5.74) is 1.33. The molecule has 0 saturated carbocycles. The molecule has 0 unspecified atom stereocenters. The molecule has 1 atom stereocenters. The number of fused-ring (bicyclic) bond motifs is 1. The average Bonchev–Trinajstić information content (AvgIpc) is 2.59. The van der Waals surface area contributed by atoms with E-state index in [2.05, 4.69) is 10.3 Å². The Bertz CT molecular complexity index is 1090.